The third-order valence-corrected chi connectivity index (χ3v) is 6.28. The molecular weight excluding hydrogens is 375 g/mol. The second-order valence-electron chi connectivity index (χ2n) is 6.29. The molecule has 0 spiro atoms. The first-order valence-electron chi connectivity index (χ1n) is 7.93. The molecule has 140 valence electrons. The van der Waals surface area contributed by atoms with Gasteiger partial charge in [0.15, 0.2) is 6.23 Å². The van der Waals surface area contributed by atoms with Crippen LogP contribution in [0.25, 0.3) is 0 Å². The van der Waals surface area contributed by atoms with Crippen LogP contribution in [0.1, 0.15) is 33.4 Å². The molecule has 0 aromatic carbocycles. The van der Waals surface area contributed by atoms with Crippen LogP contribution < -0.4 is 11.2 Å². The highest BCUT2D eigenvalue weighted by Gasteiger charge is 2.60. The zero-order valence-electron chi connectivity index (χ0n) is 14.0. The zero-order chi connectivity index (χ0) is 18.4. The quantitative estimate of drug-likeness (QED) is 0.612. The summed E-state index contributed by atoms with van der Waals surface area (Å²) in [6, 6.07) is 1.19. The van der Waals surface area contributed by atoms with Crippen molar-refractivity contribution in [1.29, 1.82) is 0 Å². The maximum atomic E-state index is 12.7. The molecule has 3 heterocycles. The molecule has 0 radical (unpaired) electrons. The highest BCUT2D eigenvalue weighted by molar-refractivity contribution is 7.48. The minimum Gasteiger partial charge on any atom is -0.347 e. The number of ether oxygens (including phenoxy) is 1. The molecule has 0 amide bonds. The monoisotopic (exact) mass is 394 g/mol. The second-order valence-corrected chi connectivity index (χ2v) is 8.68. The molecule has 11 heteroatoms. The maximum absolute atomic E-state index is 12.7. The van der Waals surface area contributed by atoms with Gasteiger partial charge >= 0.3 is 13.5 Å². The predicted molar refractivity (Wildman–Crippen MR) is 88.8 cm³/mol. The molecule has 2 unspecified atom stereocenters. The Hall–Kier alpha value is -0.960. The Morgan fingerprint density at radius 3 is 2.92 bits per heavy atom. The number of nitrogens with one attached hydrogen (secondary N) is 1. The Balaban J connectivity index is 1.88. The molecule has 2 aliphatic heterocycles. The summed E-state index contributed by atoms with van der Waals surface area (Å²) in [5.74, 6) is 0. The van der Waals surface area contributed by atoms with Gasteiger partial charge in [-0.3, -0.25) is 27.9 Å². The summed E-state index contributed by atoms with van der Waals surface area (Å²) in [5, 5.41) is 0. The van der Waals surface area contributed by atoms with Crippen LogP contribution in [0, 0.1) is 0 Å². The molecule has 2 saturated heterocycles. The summed E-state index contributed by atoms with van der Waals surface area (Å²) in [7, 11) is -3.78. The molecule has 0 saturated carbocycles. The maximum Gasteiger partial charge on any atom is 0.475 e. The van der Waals surface area contributed by atoms with Gasteiger partial charge in [-0.2, -0.15) is 0 Å². The lowest BCUT2D eigenvalue weighted by atomic mass is 10.0. The van der Waals surface area contributed by atoms with Gasteiger partial charge in [-0.25, -0.2) is 9.36 Å². The Bertz CT molecular complexity index is 807. The van der Waals surface area contributed by atoms with Crippen molar-refractivity contribution in [2.24, 2.45) is 0 Å². The van der Waals surface area contributed by atoms with Crippen molar-refractivity contribution in [2.45, 2.75) is 56.6 Å². The first-order chi connectivity index (χ1) is 11.7. The number of H-pyrrole nitrogens is 1. The minimum atomic E-state index is -3.78. The molecule has 3 rings (SSSR count). The van der Waals surface area contributed by atoms with E-state index in [1.807, 2.05) is 6.92 Å². The molecule has 1 aromatic heterocycles. The lowest BCUT2D eigenvalue weighted by molar-refractivity contribution is -0.0756. The van der Waals surface area contributed by atoms with Gasteiger partial charge in [0, 0.05) is 12.3 Å². The standard InChI is InChI=1S/C14H20ClN2O7P/c1-4-8(2)23-25(20)21-7-9-11(24-25)14(3,15)12(22-9)17-6-5-10(18)16-13(17)19/h5-6,8-9,11-12H,4,7H2,1-3H3,(H,16,18,19)/t8?,9-,11-,12-,14-,25?/m1/s1. The van der Waals surface area contributed by atoms with E-state index in [2.05, 4.69) is 4.98 Å². The molecule has 9 nitrogen and oxygen atoms in total. The highest BCUT2D eigenvalue weighted by atomic mass is 35.5. The number of aromatic nitrogens is 2. The number of hydrogen-bond acceptors (Lipinski definition) is 7. The van der Waals surface area contributed by atoms with Crippen molar-refractivity contribution < 1.29 is 22.9 Å². The van der Waals surface area contributed by atoms with E-state index >= 15 is 0 Å². The number of hydrogen-bond donors (Lipinski definition) is 1. The number of alkyl halides is 1. The highest BCUT2D eigenvalue weighted by Crippen LogP contribution is 2.60. The SMILES string of the molecule is CCC(C)OP1(=O)OC[C@H]2O[C@@H](n3ccc(=O)[nH]c3=O)[C@](C)(Cl)[C@@H]2O1. The van der Waals surface area contributed by atoms with E-state index in [1.165, 1.54) is 12.3 Å². The van der Waals surface area contributed by atoms with Crippen LogP contribution in [0.3, 0.4) is 0 Å². The number of phosphoric ester groups is 1. The summed E-state index contributed by atoms with van der Waals surface area (Å²) in [6.07, 6.45) is -0.777. The summed E-state index contributed by atoms with van der Waals surface area (Å²) < 4.78 is 35.9. The largest absolute Gasteiger partial charge is 0.475 e. The fourth-order valence-electron chi connectivity index (χ4n) is 2.81. The first-order valence-corrected chi connectivity index (χ1v) is 9.77. The Morgan fingerprint density at radius 2 is 2.28 bits per heavy atom. The van der Waals surface area contributed by atoms with Gasteiger partial charge in [-0.15, -0.1) is 11.6 Å². The third-order valence-electron chi connectivity index (χ3n) is 4.31. The van der Waals surface area contributed by atoms with Gasteiger partial charge in [0.25, 0.3) is 5.56 Å². The summed E-state index contributed by atoms with van der Waals surface area (Å²) in [4.78, 5) is 24.2. The summed E-state index contributed by atoms with van der Waals surface area (Å²) in [5.41, 5.74) is -1.19. The van der Waals surface area contributed by atoms with Crippen molar-refractivity contribution in [1.82, 2.24) is 9.55 Å². The first kappa shape index (κ1) is 18.8. The van der Waals surface area contributed by atoms with E-state index in [1.54, 1.807) is 13.8 Å². The van der Waals surface area contributed by atoms with Crippen LogP contribution in [-0.4, -0.2) is 39.3 Å². The van der Waals surface area contributed by atoms with Gasteiger partial charge in [0.1, 0.15) is 17.1 Å². The Labute approximate surface area is 148 Å². The van der Waals surface area contributed by atoms with Gasteiger partial charge in [-0.1, -0.05) is 6.92 Å². The van der Waals surface area contributed by atoms with Crippen molar-refractivity contribution in [2.75, 3.05) is 6.61 Å². The van der Waals surface area contributed by atoms with Gasteiger partial charge < -0.3 is 4.74 Å². The van der Waals surface area contributed by atoms with Crippen LogP contribution in [-0.2, 0) is 22.9 Å². The van der Waals surface area contributed by atoms with Crippen molar-refractivity contribution in [3.8, 4) is 0 Å². The van der Waals surface area contributed by atoms with E-state index in [-0.39, 0.29) is 12.7 Å². The number of nitrogens with zero attached hydrogens (tertiary/aromatic N) is 1. The van der Waals surface area contributed by atoms with Crippen LogP contribution in [0.5, 0.6) is 0 Å². The third kappa shape index (κ3) is 3.49. The molecule has 2 aliphatic rings. The molecule has 0 bridgehead atoms. The Morgan fingerprint density at radius 1 is 1.56 bits per heavy atom. The van der Waals surface area contributed by atoms with E-state index in [9.17, 15) is 14.2 Å². The summed E-state index contributed by atoms with van der Waals surface area (Å²) >= 11 is 6.62. The second kappa shape index (κ2) is 6.64. The number of halogens is 1. The number of aromatic amines is 1. The number of rotatable bonds is 4. The van der Waals surface area contributed by atoms with Gasteiger partial charge in [0.2, 0.25) is 0 Å². The predicted octanol–water partition coefficient (Wildman–Crippen LogP) is 1.77. The van der Waals surface area contributed by atoms with Crippen LogP contribution >= 0.6 is 19.4 Å². The van der Waals surface area contributed by atoms with E-state index in [0.717, 1.165) is 4.57 Å². The minimum absolute atomic E-state index is 0.0463. The number of phosphoric acid groups is 1. The van der Waals surface area contributed by atoms with E-state index in [4.69, 9.17) is 29.9 Å². The van der Waals surface area contributed by atoms with E-state index in [0.29, 0.717) is 6.42 Å². The number of fused-ring (bicyclic) bond motifs is 1. The fourth-order valence-corrected chi connectivity index (χ4v) is 4.93. The van der Waals surface area contributed by atoms with Crippen LogP contribution in [0.4, 0.5) is 0 Å². The Kier molecular flexibility index (Phi) is 5.00. The van der Waals surface area contributed by atoms with Crippen LogP contribution in [0.15, 0.2) is 21.9 Å². The average Bonchev–Trinajstić information content (AvgIpc) is 2.78. The molecule has 1 N–H and O–H groups in total. The van der Waals surface area contributed by atoms with E-state index < -0.39 is 42.4 Å². The average molecular weight is 395 g/mol. The van der Waals surface area contributed by atoms with Crippen molar-refractivity contribution in [3.05, 3.63) is 33.1 Å². The topological polar surface area (TPSA) is 109 Å². The lowest BCUT2D eigenvalue weighted by Gasteiger charge is -2.35. The van der Waals surface area contributed by atoms with Gasteiger partial charge in [0.05, 0.1) is 12.7 Å². The molecular formula is C14H20ClN2O7P. The molecule has 2 fully saturated rings. The van der Waals surface area contributed by atoms with Crippen LogP contribution in [0.2, 0.25) is 0 Å². The fraction of sp³-hybridized carbons (Fsp3) is 0.714. The van der Waals surface area contributed by atoms with Crippen molar-refractivity contribution in [3.63, 3.8) is 0 Å². The normalized spacial score (nSPS) is 39.1. The van der Waals surface area contributed by atoms with Crippen molar-refractivity contribution >= 4 is 19.4 Å². The molecule has 1 aromatic rings. The zero-order valence-corrected chi connectivity index (χ0v) is 15.7. The lowest BCUT2D eigenvalue weighted by Crippen LogP contribution is -2.45. The smallest absolute Gasteiger partial charge is 0.347 e. The molecule has 0 aliphatic carbocycles. The molecule has 25 heavy (non-hydrogen) atoms. The summed E-state index contributed by atoms with van der Waals surface area (Å²) in [6.45, 7) is 5.20. The van der Waals surface area contributed by atoms with Gasteiger partial charge in [-0.05, 0) is 20.3 Å². The molecule has 6 atom stereocenters.